The third-order valence-electron chi connectivity index (χ3n) is 4.87. The number of hydrogen-bond donors (Lipinski definition) is 1. The van der Waals surface area contributed by atoms with Gasteiger partial charge in [-0.1, -0.05) is 12.1 Å². The Bertz CT molecular complexity index is 977. The van der Waals surface area contributed by atoms with Crippen LogP contribution >= 0.6 is 0 Å². The standard InChI is InChI=1S/C18H21N3O5S/c1-25-13-5-2-4-12(10-13)15-16(17(22)19-11-14-6-3-8-26-14)21-7-9-27(23,24)18(21)20-15/h2,4-5,10,14H,3,6-9,11H2,1H3,(H,19,22). The zero-order chi connectivity index (χ0) is 19.0. The molecule has 1 fully saturated rings. The highest BCUT2D eigenvalue weighted by atomic mass is 32.2. The second-order valence-corrected chi connectivity index (χ2v) is 8.64. The second kappa shape index (κ2) is 6.97. The number of ether oxygens (including phenoxy) is 2. The first kappa shape index (κ1) is 18.0. The molecule has 1 unspecified atom stereocenters. The van der Waals surface area contributed by atoms with Crippen LogP contribution in [0.2, 0.25) is 0 Å². The summed E-state index contributed by atoms with van der Waals surface area (Å²) in [6.07, 6.45) is 1.89. The van der Waals surface area contributed by atoms with E-state index in [-0.39, 0.29) is 35.2 Å². The van der Waals surface area contributed by atoms with Gasteiger partial charge >= 0.3 is 0 Å². The lowest BCUT2D eigenvalue weighted by Gasteiger charge is -2.12. The zero-order valence-electron chi connectivity index (χ0n) is 15.0. The van der Waals surface area contributed by atoms with Crippen LogP contribution in [-0.4, -0.2) is 56.0 Å². The van der Waals surface area contributed by atoms with Crippen LogP contribution in [0.15, 0.2) is 29.4 Å². The highest BCUT2D eigenvalue weighted by molar-refractivity contribution is 7.91. The van der Waals surface area contributed by atoms with Crippen molar-refractivity contribution in [1.82, 2.24) is 14.9 Å². The molecule has 2 aliphatic rings. The van der Waals surface area contributed by atoms with Gasteiger partial charge in [0.05, 0.1) is 19.0 Å². The number of benzene rings is 1. The predicted molar refractivity (Wildman–Crippen MR) is 97.6 cm³/mol. The van der Waals surface area contributed by atoms with Crippen LogP contribution in [0.4, 0.5) is 0 Å². The summed E-state index contributed by atoms with van der Waals surface area (Å²) in [5, 5.41) is 2.82. The molecule has 1 amide bonds. The summed E-state index contributed by atoms with van der Waals surface area (Å²) in [5.41, 5.74) is 1.24. The molecule has 0 aliphatic carbocycles. The molecule has 0 radical (unpaired) electrons. The minimum absolute atomic E-state index is 0.000998. The van der Waals surface area contributed by atoms with Crippen molar-refractivity contribution in [3.63, 3.8) is 0 Å². The molecular formula is C18H21N3O5S. The van der Waals surface area contributed by atoms with Crippen LogP contribution in [0.3, 0.4) is 0 Å². The Hall–Kier alpha value is -2.39. The molecule has 2 aliphatic heterocycles. The molecule has 0 spiro atoms. The summed E-state index contributed by atoms with van der Waals surface area (Å²) >= 11 is 0. The fourth-order valence-corrected chi connectivity index (χ4v) is 4.83. The van der Waals surface area contributed by atoms with E-state index < -0.39 is 9.84 Å². The molecule has 4 rings (SSSR count). The molecule has 1 aromatic heterocycles. The molecule has 144 valence electrons. The minimum Gasteiger partial charge on any atom is -0.497 e. The van der Waals surface area contributed by atoms with E-state index in [1.165, 1.54) is 4.57 Å². The first-order chi connectivity index (χ1) is 13.0. The van der Waals surface area contributed by atoms with Gasteiger partial charge in [0.1, 0.15) is 17.1 Å². The number of rotatable bonds is 5. The summed E-state index contributed by atoms with van der Waals surface area (Å²) in [5.74, 6) is 0.216. The van der Waals surface area contributed by atoms with Gasteiger partial charge in [0.2, 0.25) is 15.0 Å². The Morgan fingerprint density at radius 3 is 3.04 bits per heavy atom. The van der Waals surface area contributed by atoms with Crippen molar-refractivity contribution in [2.75, 3.05) is 26.0 Å². The van der Waals surface area contributed by atoms with Gasteiger partial charge in [0.15, 0.2) is 0 Å². The normalized spacial score (nSPS) is 20.4. The SMILES string of the molecule is COc1cccc(-c2nc3n(c2C(=O)NCC2CCCO2)CCS3(=O)=O)c1. The number of imidazole rings is 1. The Kier molecular flexibility index (Phi) is 4.65. The lowest BCUT2D eigenvalue weighted by atomic mass is 10.1. The van der Waals surface area contributed by atoms with Crippen molar-refractivity contribution in [2.24, 2.45) is 0 Å². The van der Waals surface area contributed by atoms with Crippen LogP contribution in [0.25, 0.3) is 11.3 Å². The number of fused-ring (bicyclic) bond motifs is 1. The van der Waals surface area contributed by atoms with E-state index in [0.29, 0.717) is 30.2 Å². The van der Waals surface area contributed by atoms with E-state index in [9.17, 15) is 13.2 Å². The highest BCUT2D eigenvalue weighted by Crippen LogP contribution is 2.31. The molecule has 0 saturated carbocycles. The van der Waals surface area contributed by atoms with Gasteiger partial charge in [-0.05, 0) is 25.0 Å². The third kappa shape index (κ3) is 3.32. The first-order valence-corrected chi connectivity index (χ1v) is 10.5. The van der Waals surface area contributed by atoms with Crippen LogP contribution < -0.4 is 10.1 Å². The maximum Gasteiger partial charge on any atom is 0.270 e. The van der Waals surface area contributed by atoms with Gasteiger partial charge < -0.3 is 19.4 Å². The number of amides is 1. The van der Waals surface area contributed by atoms with Gasteiger partial charge in [-0.25, -0.2) is 13.4 Å². The van der Waals surface area contributed by atoms with Crippen molar-refractivity contribution in [2.45, 2.75) is 30.6 Å². The Labute approximate surface area is 157 Å². The number of nitrogens with one attached hydrogen (secondary N) is 1. The monoisotopic (exact) mass is 391 g/mol. The van der Waals surface area contributed by atoms with Crippen LogP contribution in [-0.2, 0) is 21.1 Å². The smallest absolute Gasteiger partial charge is 0.270 e. The first-order valence-electron chi connectivity index (χ1n) is 8.87. The van der Waals surface area contributed by atoms with Gasteiger partial charge in [-0.3, -0.25) is 4.79 Å². The molecule has 8 nitrogen and oxygen atoms in total. The fourth-order valence-electron chi connectivity index (χ4n) is 3.48. The third-order valence-corrected chi connectivity index (χ3v) is 6.45. The molecular weight excluding hydrogens is 370 g/mol. The number of carbonyl (C=O) groups is 1. The van der Waals surface area contributed by atoms with E-state index >= 15 is 0 Å². The Morgan fingerprint density at radius 2 is 2.30 bits per heavy atom. The molecule has 3 heterocycles. The summed E-state index contributed by atoms with van der Waals surface area (Å²) in [6, 6.07) is 7.08. The Balaban J connectivity index is 1.73. The zero-order valence-corrected chi connectivity index (χ0v) is 15.8. The topological polar surface area (TPSA) is 99.5 Å². The van der Waals surface area contributed by atoms with Crippen molar-refractivity contribution < 1.29 is 22.7 Å². The van der Waals surface area contributed by atoms with Crippen molar-refractivity contribution in [3.8, 4) is 17.0 Å². The van der Waals surface area contributed by atoms with Gasteiger partial charge in [-0.15, -0.1) is 0 Å². The van der Waals surface area contributed by atoms with Crippen molar-refractivity contribution in [1.29, 1.82) is 0 Å². The van der Waals surface area contributed by atoms with Crippen molar-refractivity contribution >= 4 is 15.7 Å². The molecule has 1 N–H and O–H groups in total. The van der Waals surface area contributed by atoms with Crippen molar-refractivity contribution in [3.05, 3.63) is 30.0 Å². The van der Waals surface area contributed by atoms with E-state index in [0.717, 1.165) is 12.8 Å². The van der Waals surface area contributed by atoms with Crippen LogP contribution in [0.1, 0.15) is 23.3 Å². The second-order valence-electron chi connectivity index (χ2n) is 6.64. The number of sulfone groups is 1. The van der Waals surface area contributed by atoms with E-state index in [2.05, 4.69) is 10.3 Å². The van der Waals surface area contributed by atoms with E-state index in [4.69, 9.17) is 9.47 Å². The highest BCUT2D eigenvalue weighted by Gasteiger charge is 2.35. The van der Waals surface area contributed by atoms with E-state index in [1.807, 2.05) is 0 Å². The summed E-state index contributed by atoms with van der Waals surface area (Å²) in [6.45, 7) is 1.32. The van der Waals surface area contributed by atoms with Gasteiger partial charge in [0, 0.05) is 25.3 Å². The molecule has 9 heteroatoms. The van der Waals surface area contributed by atoms with Gasteiger partial charge in [-0.2, -0.15) is 0 Å². The average Bonchev–Trinajstić information content (AvgIpc) is 3.37. The van der Waals surface area contributed by atoms with E-state index in [1.54, 1.807) is 31.4 Å². The van der Waals surface area contributed by atoms with Gasteiger partial charge in [0.25, 0.3) is 5.91 Å². The molecule has 2 aromatic rings. The number of aromatic nitrogens is 2. The van der Waals surface area contributed by atoms with Crippen LogP contribution in [0.5, 0.6) is 5.75 Å². The number of hydrogen-bond acceptors (Lipinski definition) is 6. The molecule has 27 heavy (non-hydrogen) atoms. The minimum atomic E-state index is -3.48. The largest absolute Gasteiger partial charge is 0.497 e. The molecule has 1 aromatic carbocycles. The molecule has 1 atom stereocenters. The summed E-state index contributed by atoms with van der Waals surface area (Å²) in [7, 11) is -1.93. The lowest BCUT2D eigenvalue weighted by molar-refractivity contribution is 0.0850. The quantitative estimate of drug-likeness (QED) is 0.824. The Morgan fingerprint density at radius 1 is 1.44 bits per heavy atom. The van der Waals surface area contributed by atoms with Crippen LogP contribution in [0, 0.1) is 0 Å². The maximum absolute atomic E-state index is 12.9. The summed E-state index contributed by atoms with van der Waals surface area (Å²) < 4.78 is 36.9. The molecule has 0 bridgehead atoms. The summed E-state index contributed by atoms with van der Waals surface area (Å²) in [4.78, 5) is 17.2. The lowest BCUT2D eigenvalue weighted by Crippen LogP contribution is -2.33. The number of carbonyl (C=O) groups excluding carboxylic acids is 1. The fraction of sp³-hybridized carbons (Fsp3) is 0.444. The predicted octanol–water partition coefficient (Wildman–Crippen LogP) is 1.25. The molecule has 1 saturated heterocycles. The number of nitrogens with zero attached hydrogens (tertiary/aromatic N) is 2. The average molecular weight is 391 g/mol. The maximum atomic E-state index is 12.9. The number of methoxy groups -OCH3 is 1.